The maximum atomic E-state index is 12.3. The number of carbonyl (C=O) groups excluding carboxylic acids is 2. The van der Waals surface area contributed by atoms with Crippen molar-refractivity contribution in [1.29, 1.82) is 0 Å². The van der Waals surface area contributed by atoms with E-state index in [1.54, 1.807) is 42.5 Å². The van der Waals surface area contributed by atoms with Gasteiger partial charge in [0, 0.05) is 23.6 Å². The van der Waals surface area contributed by atoms with Gasteiger partial charge in [-0.3, -0.25) is 9.59 Å². The number of fused-ring (bicyclic) bond motifs is 1. The van der Waals surface area contributed by atoms with Crippen molar-refractivity contribution >= 4 is 45.3 Å². The molecule has 2 aromatic carbocycles. The molecule has 1 aliphatic heterocycles. The van der Waals surface area contributed by atoms with Gasteiger partial charge in [-0.15, -0.1) is 0 Å². The molecule has 1 aromatic heterocycles. The van der Waals surface area contributed by atoms with Crippen LogP contribution in [0, 0.1) is 0 Å². The summed E-state index contributed by atoms with van der Waals surface area (Å²) in [5.41, 5.74) is 0.688. The summed E-state index contributed by atoms with van der Waals surface area (Å²) in [6, 6.07) is 15.7. The van der Waals surface area contributed by atoms with Crippen LogP contribution >= 0.6 is 11.8 Å². The van der Waals surface area contributed by atoms with Crippen LogP contribution in [-0.4, -0.2) is 29.2 Å². The summed E-state index contributed by atoms with van der Waals surface area (Å²) < 4.78 is 10.4. The molecule has 8 heteroatoms. The first-order valence-electron chi connectivity index (χ1n) is 8.80. The van der Waals surface area contributed by atoms with E-state index in [1.807, 2.05) is 12.1 Å². The molecule has 2 heterocycles. The van der Waals surface area contributed by atoms with Gasteiger partial charge in [0.05, 0.1) is 12.7 Å². The minimum Gasteiger partial charge on any atom is -0.497 e. The molecular weight excluding hydrogens is 392 g/mol. The number of thioether (sulfide) groups is 1. The molecule has 0 saturated heterocycles. The van der Waals surface area contributed by atoms with Crippen LogP contribution in [0.15, 0.2) is 68.8 Å². The highest BCUT2D eigenvalue weighted by atomic mass is 32.2. The van der Waals surface area contributed by atoms with Gasteiger partial charge in [0.15, 0.2) is 0 Å². The Hall–Kier alpha value is -3.39. The first kappa shape index (κ1) is 18.9. The fourth-order valence-electron chi connectivity index (χ4n) is 2.93. The van der Waals surface area contributed by atoms with Gasteiger partial charge < -0.3 is 14.5 Å². The highest BCUT2D eigenvalue weighted by molar-refractivity contribution is 8.16. The number of carbonyl (C=O) groups is 2. The lowest BCUT2D eigenvalue weighted by Gasteiger charge is -2.09. The van der Waals surface area contributed by atoms with Gasteiger partial charge in [-0.25, -0.2) is 9.79 Å². The summed E-state index contributed by atoms with van der Waals surface area (Å²) in [6.45, 7) is 0. The van der Waals surface area contributed by atoms with Gasteiger partial charge in [-0.05, 0) is 24.3 Å². The van der Waals surface area contributed by atoms with Crippen molar-refractivity contribution in [3.8, 4) is 5.75 Å². The van der Waals surface area contributed by atoms with E-state index >= 15 is 0 Å². The van der Waals surface area contributed by atoms with Crippen LogP contribution < -0.4 is 15.7 Å². The van der Waals surface area contributed by atoms with Crippen LogP contribution in [-0.2, 0) is 9.59 Å². The van der Waals surface area contributed by atoms with E-state index in [0.29, 0.717) is 17.0 Å². The Morgan fingerprint density at radius 2 is 2.00 bits per heavy atom. The zero-order valence-electron chi connectivity index (χ0n) is 15.4. The summed E-state index contributed by atoms with van der Waals surface area (Å²) >= 11 is 1.10. The molecule has 1 aliphatic rings. The average molecular weight is 408 g/mol. The molecular formula is C21H16N2O5S. The van der Waals surface area contributed by atoms with Gasteiger partial charge in [-0.1, -0.05) is 36.0 Å². The van der Waals surface area contributed by atoms with E-state index in [-0.39, 0.29) is 22.9 Å². The van der Waals surface area contributed by atoms with E-state index in [0.717, 1.165) is 17.1 Å². The molecule has 0 radical (unpaired) electrons. The zero-order valence-corrected chi connectivity index (χ0v) is 16.2. The number of ether oxygens (including phenoxy) is 1. The third-order valence-electron chi connectivity index (χ3n) is 4.34. The molecule has 0 aliphatic carbocycles. The molecule has 0 fully saturated rings. The van der Waals surface area contributed by atoms with Crippen LogP contribution in [0.4, 0.5) is 5.69 Å². The number of methoxy groups -OCH3 is 1. The second kappa shape index (κ2) is 7.92. The molecule has 0 saturated carbocycles. The quantitative estimate of drug-likeness (QED) is 0.651. The van der Waals surface area contributed by atoms with E-state index in [9.17, 15) is 14.4 Å². The van der Waals surface area contributed by atoms with Crippen molar-refractivity contribution in [2.75, 3.05) is 12.4 Å². The maximum absolute atomic E-state index is 12.3. The van der Waals surface area contributed by atoms with E-state index in [1.165, 1.54) is 7.11 Å². The molecule has 29 heavy (non-hydrogen) atoms. The molecule has 3 aromatic rings. The second-order valence-electron chi connectivity index (χ2n) is 6.33. The average Bonchev–Trinajstić information content (AvgIpc) is 3.07. The Labute approximate surface area is 169 Å². The van der Waals surface area contributed by atoms with Crippen LogP contribution in [0.3, 0.4) is 0 Å². The lowest BCUT2D eigenvalue weighted by atomic mass is 10.2. The number of para-hydroxylation sites is 1. The third kappa shape index (κ3) is 4.07. The molecule has 7 nitrogen and oxygen atoms in total. The molecule has 0 bridgehead atoms. The van der Waals surface area contributed by atoms with Crippen molar-refractivity contribution in [2.45, 2.75) is 11.7 Å². The zero-order chi connectivity index (χ0) is 20.4. The van der Waals surface area contributed by atoms with E-state index in [2.05, 4.69) is 10.3 Å². The maximum Gasteiger partial charge on any atom is 0.346 e. The van der Waals surface area contributed by atoms with Crippen molar-refractivity contribution in [2.24, 2.45) is 4.99 Å². The molecule has 1 N–H and O–H groups in total. The molecule has 2 amide bonds. The smallest absolute Gasteiger partial charge is 0.346 e. The molecule has 0 spiro atoms. The highest BCUT2D eigenvalue weighted by Crippen LogP contribution is 2.29. The van der Waals surface area contributed by atoms with E-state index < -0.39 is 16.8 Å². The Bertz CT molecular complexity index is 1200. The SMILES string of the molecule is COc1cccc(NC(=O)C[C@@H]2SC(c3cc4ccccc4oc3=O)=NC2=O)c1. The number of amides is 2. The van der Waals surface area contributed by atoms with E-state index in [4.69, 9.17) is 9.15 Å². The van der Waals surface area contributed by atoms with Crippen molar-refractivity contribution in [3.63, 3.8) is 0 Å². The normalized spacial score (nSPS) is 16.0. The minimum atomic E-state index is -0.693. The fraction of sp³-hybridized carbons (Fsp3) is 0.143. The van der Waals surface area contributed by atoms with Gasteiger partial charge in [0.25, 0.3) is 5.91 Å². The largest absolute Gasteiger partial charge is 0.497 e. The van der Waals surface area contributed by atoms with Crippen LogP contribution in [0.5, 0.6) is 5.75 Å². The summed E-state index contributed by atoms with van der Waals surface area (Å²) in [4.78, 5) is 40.9. The first-order chi connectivity index (χ1) is 14.0. The lowest BCUT2D eigenvalue weighted by molar-refractivity contribution is -0.121. The lowest BCUT2D eigenvalue weighted by Crippen LogP contribution is -2.21. The number of aliphatic imine (C=N–C) groups is 1. The van der Waals surface area contributed by atoms with Gasteiger partial charge in [-0.2, -0.15) is 0 Å². The monoisotopic (exact) mass is 408 g/mol. The minimum absolute atomic E-state index is 0.0629. The number of hydrogen-bond donors (Lipinski definition) is 1. The number of nitrogens with one attached hydrogen (secondary N) is 1. The standard InChI is InChI=1S/C21H16N2O5S/c1-27-14-7-4-6-13(10-14)22-18(24)11-17-19(25)23-20(29-17)15-9-12-5-2-3-8-16(12)28-21(15)26/h2-10,17H,11H2,1H3,(H,22,24)/t17-/m0/s1. The number of hydrogen-bond acceptors (Lipinski definition) is 6. The summed E-state index contributed by atoms with van der Waals surface area (Å²) in [6.07, 6.45) is -0.0629. The van der Waals surface area contributed by atoms with Crippen LogP contribution in [0.25, 0.3) is 11.0 Å². The molecule has 1 atom stereocenters. The summed E-state index contributed by atoms with van der Waals surface area (Å²) in [7, 11) is 1.54. The summed E-state index contributed by atoms with van der Waals surface area (Å²) in [5, 5.41) is 3.05. The third-order valence-corrected chi connectivity index (χ3v) is 5.52. The number of nitrogens with zero attached hydrogens (tertiary/aromatic N) is 1. The number of rotatable bonds is 5. The Morgan fingerprint density at radius 1 is 1.17 bits per heavy atom. The topological polar surface area (TPSA) is 98.0 Å². The van der Waals surface area contributed by atoms with Crippen LogP contribution in [0.1, 0.15) is 12.0 Å². The molecule has 146 valence electrons. The Morgan fingerprint density at radius 3 is 2.83 bits per heavy atom. The number of anilines is 1. The van der Waals surface area contributed by atoms with Gasteiger partial charge in [0.2, 0.25) is 5.91 Å². The highest BCUT2D eigenvalue weighted by Gasteiger charge is 2.32. The number of benzene rings is 2. The first-order valence-corrected chi connectivity index (χ1v) is 9.68. The van der Waals surface area contributed by atoms with Crippen LogP contribution in [0.2, 0.25) is 0 Å². The van der Waals surface area contributed by atoms with Crippen molar-refractivity contribution in [3.05, 3.63) is 70.6 Å². The van der Waals surface area contributed by atoms with Gasteiger partial charge in [0.1, 0.15) is 21.6 Å². The fourth-order valence-corrected chi connectivity index (χ4v) is 4.00. The summed E-state index contributed by atoms with van der Waals surface area (Å²) in [5.74, 6) is -0.160. The van der Waals surface area contributed by atoms with Crippen molar-refractivity contribution in [1.82, 2.24) is 0 Å². The van der Waals surface area contributed by atoms with Gasteiger partial charge >= 0.3 is 5.63 Å². The predicted octanol–water partition coefficient (Wildman–Crippen LogP) is 3.22. The Kier molecular flexibility index (Phi) is 5.18. The predicted molar refractivity (Wildman–Crippen MR) is 112 cm³/mol. The molecule has 4 rings (SSSR count). The molecule has 0 unspecified atom stereocenters. The van der Waals surface area contributed by atoms with Crippen molar-refractivity contribution < 1.29 is 18.7 Å². The second-order valence-corrected chi connectivity index (χ2v) is 7.52. The Balaban J connectivity index is 1.47.